The van der Waals surface area contributed by atoms with Crippen LogP contribution in [0.4, 0.5) is 0 Å². The van der Waals surface area contributed by atoms with Crippen molar-refractivity contribution in [2.24, 2.45) is 0 Å². The number of esters is 1. The topological polar surface area (TPSA) is 174 Å². The molecule has 40 heavy (non-hydrogen) atoms. The molecule has 0 radical (unpaired) electrons. The van der Waals surface area contributed by atoms with Gasteiger partial charge in [0.15, 0.2) is 4.34 Å². The van der Waals surface area contributed by atoms with Gasteiger partial charge in [0, 0.05) is 23.3 Å². The fourth-order valence-corrected chi connectivity index (χ4v) is 7.28. The molecule has 2 aromatic rings. The van der Waals surface area contributed by atoms with Crippen molar-refractivity contribution >= 4 is 58.6 Å². The number of thioether (sulfide) groups is 2. The number of phenols is 1. The Morgan fingerprint density at radius 3 is 2.60 bits per heavy atom. The summed E-state index contributed by atoms with van der Waals surface area (Å²) in [6.07, 6.45) is 1.17. The fourth-order valence-electron chi connectivity index (χ4n) is 3.98. The molecule has 1 fully saturated rings. The molecular formula is C24H24N5NaO7S3. The van der Waals surface area contributed by atoms with Gasteiger partial charge < -0.3 is 30.4 Å². The first kappa shape index (κ1) is 32.0. The van der Waals surface area contributed by atoms with E-state index in [4.69, 9.17) is 0 Å². The van der Waals surface area contributed by atoms with Crippen LogP contribution in [0.2, 0.25) is 0 Å². The molecule has 1 aromatic heterocycles. The quantitative estimate of drug-likeness (QED) is 0.0844. The largest absolute Gasteiger partial charge is 1.00 e. The van der Waals surface area contributed by atoms with Gasteiger partial charge in [-0.05, 0) is 37.1 Å². The van der Waals surface area contributed by atoms with Crippen molar-refractivity contribution in [3.05, 3.63) is 57.9 Å². The number of benzene rings is 1. The molecule has 1 aromatic carbocycles. The van der Waals surface area contributed by atoms with Crippen LogP contribution < -0.4 is 45.3 Å². The first-order valence-corrected chi connectivity index (χ1v) is 14.4. The van der Waals surface area contributed by atoms with E-state index in [9.17, 15) is 29.4 Å². The standard InChI is InChI=1S/C24H25N5O7S3.Na/c1-11(8-16(31)36-3)25-17(13-4-6-15(30)7-5-13)20(32)26-18-21(33)29-19(23(34)35)14(9-37-22(18)29)10-38-24-28-27-12(2)39-24;/h4-8,17-18,22,25,30H,9-10H2,1-3H3,(H,26,32)(H,34,35);/q;+1/p-1/t17-,18?,22-;/m1./s1. The summed E-state index contributed by atoms with van der Waals surface area (Å²) in [5.74, 6) is -2.60. The van der Waals surface area contributed by atoms with Gasteiger partial charge in [-0.15, -0.1) is 22.0 Å². The van der Waals surface area contributed by atoms with Crippen LogP contribution in [0.5, 0.6) is 5.75 Å². The molecule has 12 nitrogen and oxygen atoms in total. The van der Waals surface area contributed by atoms with E-state index in [1.165, 1.54) is 72.3 Å². The molecule has 2 amide bonds. The zero-order chi connectivity index (χ0) is 28.3. The third-order valence-corrected chi connectivity index (χ3v) is 9.21. The van der Waals surface area contributed by atoms with Crippen LogP contribution in [0.15, 0.2) is 51.6 Å². The van der Waals surface area contributed by atoms with Crippen LogP contribution >= 0.6 is 34.9 Å². The van der Waals surface area contributed by atoms with Gasteiger partial charge in [-0.2, -0.15) is 0 Å². The number of aromatic hydroxyl groups is 1. The summed E-state index contributed by atoms with van der Waals surface area (Å²) >= 11 is 4.06. The number of rotatable bonds is 10. The molecule has 1 unspecified atom stereocenters. The molecule has 0 spiro atoms. The number of β-lactam (4-membered cyclic amide) rings is 1. The van der Waals surface area contributed by atoms with Crippen molar-refractivity contribution in [3.8, 4) is 5.75 Å². The van der Waals surface area contributed by atoms with E-state index in [-0.39, 0.29) is 41.0 Å². The summed E-state index contributed by atoms with van der Waals surface area (Å²) in [6, 6.07) is 3.88. The number of nitrogens with zero attached hydrogens (tertiary/aromatic N) is 3. The summed E-state index contributed by atoms with van der Waals surface area (Å²) in [5.41, 5.74) is 1.13. The van der Waals surface area contributed by atoms with Gasteiger partial charge in [0.05, 0.1) is 18.8 Å². The van der Waals surface area contributed by atoms with Gasteiger partial charge >= 0.3 is 35.5 Å². The number of hydrogen-bond donors (Lipinski definition) is 3. The van der Waals surface area contributed by atoms with Gasteiger partial charge in [0.2, 0.25) is 5.91 Å². The van der Waals surface area contributed by atoms with Gasteiger partial charge in [-0.3, -0.25) is 14.5 Å². The second-order valence-electron chi connectivity index (χ2n) is 8.53. The Kier molecular flexibility index (Phi) is 11.1. The summed E-state index contributed by atoms with van der Waals surface area (Å²) in [4.78, 5) is 51.3. The van der Waals surface area contributed by atoms with E-state index in [1.807, 2.05) is 6.92 Å². The molecule has 4 rings (SSSR count). The number of carbonyl (C=O) groups is 4. The Hall–Kier alpha value is -2.56. The third kappa shape index (κ3) is 7.19. The zero-order valence-electron chi connectivity index (χ0n) is 22.0. The molecular weight excluding hydrogens is 589 g/mol. The molecule has 206 valence electrons. The molecule has 2 aliphatic heterocycles. The fraction of sp³-hybridized carbons (Fsp3) is 0.333. The Labute approximate surface area is 264 Å². The first-order valence-electron chi connectivity index (χ1n) is 11.5. The number of ether oxygens (including phenoxy) is 1. The van der Waals surface area contributed by atoms with Crippen molar-refractivity contribution in [3.63, 3.8) is 0 Å². The monoisotopic (exact) mass is 613 g/mol. The van der Waals surface area contributed by atoms with Crippen molar-refractivity contribution in [1.82, 2.24) is 25.7 Å². The molecule has 3 atom stereocenters. The van der Waals surface area contributed by atoms with E-state index in [0.717, 1.165) is 9.91 Å². The van der Waals surface area contributed by atoms with Gasteiger partial charge in [0.1, 0.15) is 28.2 Å². The Morgan fingerprint density at radius 1 is 1.30 bits per heavy atom. The number of allylic oxidation sites excluding steroid dienone is 1. The number of aromatic nitrogens is 2. The molecule has 0 aliphatic carbocycles. The predicted octanol–water partition coefficient (Wildman–Crippen LogP) is -2.54. The number of amides is 2. The van der Waals surface area contributed by atoms with Gasteiger partial charge in [0.25, 0.3) is 5.91 Å². The maximum Gasteiger partial charge on any atom is 1.00 e. The number of fused-ring (bicyclic) bond motifs is 1. The summed E-state index contributed by atoms with van der Waals surface area (Å²) < 4.78 is 5.31. The number of carbonyl (C=O) groups excluding carboxylic acids is 4. The number of carboxylic acids is 1. The number of carboxylic acid groups (broad SMARTS) is 1. The van der Waals surface area contributed by atoms with E-state index < -0.39 is 41.2 Å². The molecule has 1 saturated heterocycles. The molecule has 0 bridgehead atoms. The number of nitrogens with one attached hydrogen (secondary N) is 2. The Morgan fingerprint density at radius 2 is 2.00 bits per heavy atom. The summed E-state index contributed by atoms with van der Waals surface area (Å²) in [7, 11) is 1.22. The van der Waals surface area contributed by atoms with E-state index in [2.05, 4.69) is 25.6 Å². The van der Waals surface area contributed by atoms with E-state index >= 15 is 0 Å². The van der Waals surface area contributed by atoms with Crippen LogP contribution in [0.1, 0.15) is 23.5 Å². The van der Waals surface area contributed by atoms with Crippen LogP contribution in [0.25, 0.3) is 0 Å². The number of aliphatic carboxylic acids is 1. The number of phenolic OH excluding ortho intramolecular Hbond substituents is 1. The predicted molar refractivity (Wildman–Crippen MR) is 142 cm³/mol. The third-order valence-electron chi connectivity index (χ3n) is 5.81. The van der Waals surface area contributed by atoms with Crippen molar-refractivity contribution in [2.75, 3.05) is 18.6 Å². The Balaban J connectivity index is 0.00000441. The van der Waals surface area contributed by atoms with E-state index in [1.54, 1.807) is 6.92 Å². The van der Waals surface area contributed by atoms with E-state index in [0.29, 0.717) is 32.7 Å². The average molecular weight is 614 g/mol. The second-order valence-corrected chi connectivity index (χ2v) is 12.0. The molecule has 2 aliphatic rings. The number of aryl methyl sites for hydroxylation is 1. The van der Waals surface area contributed by atoms with Crippen LogP contribution in [0.3, 0.4) is 0 Å². The minimum absolute atomic E-state index is 0. The van der Waals surface area contributed by atoms with Gasteiger partial charge in [-0.25, -0.2) is 4.79 Å². The van der Waals surface area contributed by atoms with Crippen LogP contribution in [0, 0.1) is 6.92 Å². The van der Waals surface area contributed by atoms with Crippen molar-refractivity contribution in [1.29, 1.82) is 0 Å². The van der Waals surface area contributed by atoms with Crippen molar-refractivity contribution in [2.45, 2.75) is 35.6 Å². The molecule has 3 N–H and O–H groups in total. The molecule has 3 heterocycles. The molecule has 16 heteroatoms. The summed E-state index contributed by atoms with van der Waals surface area (Å²) in [5, 5.41) is 35.5. The maximum absolute atomic E-state index is 13.4. The summed E-state index contributed by atoms with van der Waals surface area (Å²) in [6.45, 7) is 3.39. The first-order chi connectivity index (χ1) is 18.6. The van der Waals surface area contributed by atoms with Crippen LogP contribution in [-0.2, 0) is 23.9 Å². The number of hydrogen-bond acceptors (Lipinski definition) is 13. The minimum atomic E-state index is -1.46. The minimum Gasteiger partial charge on any atom is -0.543 e. The smallest absolute Gasteiger partial charge is 0.543 e. The SMILES string of the molecule is COC(=O)C=C(C)N[C@@H](C(=O)NC1C(=O)N2C(C(=O)[O-])=C(CSc3nnc(C)s3)CS[C@H]12)c1ccc(O)cc1.[Na+]. The van der Waals surface area contributed by atoms with Crippen molar-refractivity contribution < 1.29 is 63.7 Å². The normalized spacial score (nSPS) is 19.1. The second kappa shape index (κ2) is 13.9. The maximum atomic E-state index is 13.4. The van der Waals surface area contributed by atoms with Gasteiger partial charge in [-0.1, -0.05) is 35.2 Å². The molecule has 0 saturated carbocycles. The zero-order valence-corrected chi connectivity index (χ0v) is 26.4. The average Bonchev–Trinajstić information content (AvgIpc) is 3.33. The number of methoxy groups -OCH3 is 1. The Bertz CT molecular complexity index is 1360. The van der Waals surface area contributed by atoms with Crippen LogP contribution in [-0.4, -0.2) is 74.0 Å².